The summed E-state index contributed by atoms with van der Waals surface area (Å²) in [6.45, 7) is 6.49. The van der Waals surface area contributed by atoms with Crippen molar-refractivity contribution in [2.45, 2.75) is 26.8 Å². The third-order valence-corrected chi connectivity index (χ3v) is 2.81. The van der Waals surface area contributed by atoms with Gasteiger partial charge in [0.2, 0.25) is 0 Å². The van der Waals surface area contributed by atoms with Gasteiger partial charge in [0, 0.05) is 9.61 Å². The zero-order chi connectivity index (χ0) is 10.1. The Hall–Kier alpha value is -0.0900. The summed E-state index contributed by atoms with van der Waals surface area (Å²) < 4.78 is 1.25. The first-order chi connectivity index (χ1) is 5.91. The molecule has 0 unspecified atom stereocenters. The van der Waals surface area contributed by atoms with E-state index in [1.165, 1.54) is 9.13 Å². The summed E-state index contributed by atoms with van der Waals surface area (Å²) in [5.41, 5.74) is 7.49. The molecule has 0 aliphatic carbocycles. The van der Waals surface area contributed by atoms with Crippen molar-refractivity contribution in [2.75, 3.05) is 0 Å². The number of benzene rings is 1. The van der Waals surface area contributed by atoms with Crippen LogP contribution in [0, 0.1) is 8.99 Å². The van der Waals surface area contributed by atoms with Gasteiger partial charge in [-0.15, -0.1) is 0 Å². The molecule has 72 valence electrons. The Kier molecular flexibility index (Phi) is 3.35. The van der Waals surface area contributed by atoms with Gasteiger partial charge >= 0.3 is 0 Å². The molecule has 0 saturated carbocycles. The van der Waals surface area contributed by atoms with Crippen LogP contribution in [0.2, 0.25) is 0 Å². The van der Waals surface area contributed by atoms with Crippen molar-refractivity contribution in [2.24, 2.45) is 11.1 Å². The molecule has 0 fully saturated rings. The third kappa shape index (κ3) is 2.95. The molecular weight excluding hydrogens is 273 g/mol. The van der Waals surface area contributed by atoms with Crippen LogP contribution in [0.25, 0.3) is 0 Å². The van der Waals surface area contributed by atoms with Gasteiger partial charge in [0.1, 0.15) is 0 Å². The molecule has 2 N–H and O–H groups in total. The lowest BCUT2D eigenvalue weighted by Crippen LogP contribution is -2.26. The monoisotopic (exact) mass is 289 g/mol. The Morgan fingerprint density at radius 3 is 2.38 bits per heavy atom. The van der Waals surface area contributed by atoms with E-state index in [1.54, 1.807) is 0 Å². The average Bonchev–Trinajstić information content (AvgIpc) is 2.01. The number of hydrogen-bond donors (Lipinski definition) is 1. The van der Waals surface area contributed by atoms with Crippen molar-refractivity contribution in [3.63, 3.8) is 0 Å². The molecule has 0 aromatic heterocycles. The van der Waals surface area contributed by atoms with Crippen LogP contribution < -0.4 is 5.73 Å². The maximum Gasteiger partial charge on any atom is 0.0344 e. The van der Waals surface area contributed by atoms with E-state index in [0.717, 1.165) is 0 Å². The van der Waals surface area contributed by atoms with E-state index in [9.17, 15) is 0 Å². The molecule has 0 radical (unpaired) electrons. The quantitative estimate of drug-likeness (QED) is 0.788. The second kappa shape index (κ2) is 3.96. The summed E-state index contributed by atoms with van der Waals surface area (Å²) in [6, 6.07) is 8.50. The molecule has 1 atom stereocenters. The van der Waals surface area contributed by atoms with E-state index in [-0.39, 0.29) is 11.5 Å². The lowest BCUT2D eigenvalue weighted by molar-refractivity contribution is 0.327. The minimum absolute atomic E-state index is 0.113. The molecule has 0 heterocycles. The van der Waals surface area contributed by atoms with Gasteiger partial charge in [0.15, 0.2) is 0 Å². The highest BCUT2D eigenvalue weighted by Gasteiger charge is 2.21. The van der Waals surface area contributed by atoms with Crippen molar-refractivity contribution in [1.29, 1.82) is 0 Å². The molecule has 1 aromatic carbocycles. The van der Waals surface area contributed by atoms with E-state index in [1.807, 2.05) is 0 Å². The molecule has 0 amide bonds. The van der Waals surface area contributed by atoms with Gasteiger partial charge in [-0.25, -0.2) is 0 Å². The Morgan fingerprint density at radius 1 is 1.31 bits per heavy atom. The number of halogens is 1. The SMILES string of the molecule is CC(C)(C)[C@@H](N)c1cccc(I)c1. The largest absolute Gasteiger partial charge is 0.324 e. The highest BCUT2D eigenvalue weighted by molar-refractivity contribution is 14.1. The van der Waals surface area contributed by atoms with Crippen LogP contribution in [-0.2, 0) is 0 Å². The van der Waals surface area contributed by atoms with Crippen molar-refractivity contribution >= 4 is 22.6 Å². The van der Waals surface area contributed by atoms with Crippen LogP contribution in [0.5, 0.6) is 0 Å². The van der Waals surface area contributed by atoms with Crippen molar-refractivity contribution in [3.8, 4) is 0 Å². The van der Waals surface area contributed by atoms with Gasteiger partial charge in [-0.1, -0.05) is 32.9 Å². The van der Waals surface area contributed by atoms with Crippen LogP contribution in [0.1, 0.15) is 32.4 Å². The van der Waals surface area contributed by atoms with Crippen molar-refractivity contribution in [3.05, 3.63) is 33.4 Å². The smallest absolute Gasteiger partial charge is 0.0344 e. The maximum atomic E-state index is 6.14. The second-order valence-electron chi connectivity index (χ2n) is 4.40. The minimum Gasteiger partial charge on any atom is -0.324 e. The molecule has 0 aliphatic heterocycles. The first-order valence-electron chi connectivity index (χ1n) is 4.42. The Balaban J connectivity index is 2.96. The highest BCUT2D eigenvalue weighted by Crippen LogP contribution is 2.30. The molecule has 13 heavy (non-hydrogen) atoms. The lowest BCUT2D eigenvalue weighted by atomic mass is 9.83. The van der Waals surface area contributed by atoms with E-state index in [2.05, 4.69) is 67.6 Å². The molecule has 0 aliphatic rings. The minimum atomic E-state index is 0.113. The molecule has 2 heteroatoms. The fourth-order valence-electron chi connectivity index (χ4n) is 1.20. The van der Waals surface area contributed by atoms with Crippen LogP contribution in [0.3, 0.4) is 0 Å². The van der Waals surface area contributed by atoms with Crippen molar-refractivity contribution < 1.29 is 0 Å². The van der Waals surface area contributed by atoms with Gasteiger partial charge in [-0.3, -0.25) is 0 Å². The van der Waals surface area contributed by atoms with Gasteiger partial charge in [-0.05, 0) is 45.7 Å². The summed E-state index contributed by atoms with van der Waals surface area (Å²) in [6.07, 6.45) is 0. The second-order valence-corrected chi connectivity index (χ2v) is 5.64. The van der Waals surface area contributed by atoms with Gasteiger partial charge in [0.05, 0.1) is 0 Å². The lowest BCUT2D eigenvalue weighted by Gasteiger charge is -2.27. The van der Waals surface area contributed by atoms with E-state index in [0.29, 0.717) is 0 Å². The summed E-state index contributed by atoms with van der Waals surface area (Å²) in [5.74, 6) is 0. The summed E-state index contributed by atoms with van der Waals surface area (Å²) in [4.78, 5) is 0. The maximum absolute atomic E-state index is 6.14. The number of rotatable bonds is 1. The van der Waals surface area contributed by atoms with Crippen LogP contribution >= 0.6 is 22.6 Å². The van der Waals surface area contributed by atoms with E-state index >= 15 is 0 Å². The fourth-order valence-corrected chi connectivity index (χ4v) is 1.77. The Morgan fingerprint density at radius 2 is 1.92 bits per heavy atom. The Labute approximate surface area is 93.9 Å². The van der Waals surface area contributed by atoms with Gasteiger partial charge in [-0.2, -0.15) is 0 Å². The average molecular weight is 289 g/mol. The third-order valence-electron chi connectivity index (χ3n) is 2.14. The highest BCUT2D eigenvalue weighted by atomic mass is 127. The molecule has 1 rings (SSSR count). The Bertz CT molecular complexity index is 288. The van der Waals surface area contributed by atoms with Gasteiger partial charge < -0.3 is 5.73 Å². The first-order valence-corrected chi connectivity index (χ1v) is 5.50. The summed E-state index contributed by atoms with van der Waals surface area (Å²) >= 11 is 2.31. The topological polar surface area (TPSA) is 26.0 Å². The summed E-state index contributed by atoms with van der Waals surface area (Å²) in [7, 11) is 0. The molecule has 0 saturated heterocycles. The van der Waals surface area contributed by atoms with Crippen LogP contribution in [0.4, 0.5) is 0 Å². The molecule has 0 bridgehead atoms. The van der Waals surface area contributed by atoms with E-state index < -0.39 is 0 Å². The van der Waals surface area contributed by atoms with Crippen molar-refractivity contribution in [1.82, 2.24) is 0 Å². The standard InChI is InChI=1S/C11H16IN/c1-11(2,3)10(13)8-5-4-6-9(12)7-8/h4-7,10H,13H2,1-3H3/t10-/m0/s1. The zero-order valence-electron chi connectivity index (χ0n) is 8.34. The van der Waals surface area contributed by atoms with Gasteiger partial charge in [0.25, 0.3) is 0 Å². The summed E-state index contributed by atoms with van der Waals surface area (Å²) in [5, 5.41) is 0. The number of nitrogens with two attached hydrogens (primary N) is 1. The fraction of sp³-hybridized carbons (Fsp3) is 0.455. The normalized spacial score (nSPS) is 14.2. The molecular formula is C11H16IN. The number of hydrogen-bond acceptors (Lipinski definition) is 1. The molecule has 1 aromatic rings. The van der Waals surface area contributed by atoms with Crippen LogP contribution in [-0.4, -0.2) is 0 Å². The zero-order valence-corrected chi connectivity index (χ0v) is 10.5. The van der Waals surface area contributed by atoms with E-state index in [4.69, 9.17) is 5.73 Å². The predicted octanol–water partition coefficient (Wildman–Crippen LogP) is 3.34. The molecule has 0 spiro atoms. The molecule has 1 nitrogen and oxygen atoms in total. The first kappa shape index (κ1) is 11.0. The predicted molar refractivity (Wildman–Crippen MR) is 65.5 cm³/mol. The van der Waals surface area contributed by atoms with Crippen LogP contribution in [0.15, 0.2) is 24.3 Å².